The molecule has 0 aliphatic rings. The Balaban J connectivity index is 2.27. The summed E-state index contributed by atoms with van der Waals surface area (Å²) in [7, 11) is 1.94. The number of benzene rings is 1. The number of rotatable bonds is 8. The van der Waals surface area contributed by atoms with Gasteiger partial charge in [-0.25, -0.2) is 0 Å². The fourth-order valence-corrected chi connectivity index (χ4v) is 1.82. The first-order valence-corrected chi connectivity index (χ1v) is 6.75. The van der Waals surface area contributed by atoms with Gasteiger partial charge in [0.25, 0.3) is 0 Å². The van der Waals surface area contributed by atoms with E-state index in [9.17, 15) is 0 Å². The quantitative estimate of drug-likeness (QED) is 0.424. The van der Waals surface area contributed by atoms with E-state index in [4.69, 9.17) is 0 Å². The van der Waals surface area contributed by atoms with E-state index in [2.05, 4.69) is 53.7 Å². The van der Waals surface area contributed by atoms with Gasteiger partial charge in [0.1, 0.15) is 0 Å². The monoisotopic (exact) mass is 253 g/mol. The molecule has 96 valence electrons. The van der Waals surface area contributed by atoms with Crippen molar-refractivity contribution in [2.45, 2.75) is 13.3 Å². The van der Waals surface area contributed by atoms with Crippen LogP contribution in [-0.2, 0) is 0 Å². The van der Waals surface area contributed by atoms with Crippen molar-refractivity contribution in [3.8, 4) is 0 Å². The molecule has 0 heterocycles. The van der Waals surface area contributed by atoms with Gasteiger partial charge in [0.15, 0.2) is 0 Å². The van der Waals surface area contributed by atoms with Gasteiger partial charge in [-0.15, -0.1) is 0 Å². The molecule has 0 saturated heterocycles. The van der Waals surface area contributed by atoms with E-state index in [0.29, 0.717) is 0 Å². The van der Waals surface area contributed by atoms with Gasteiger partial charge in [-0.05, 0) is 43.7 Å². The summed E-state index contributed by atoms with van der Waals surface area (Å²) < 4.78 is 0. The van der Waals surface area contributed by atoms with Gasteiger partial charge in [-0.2, -0.15) is 12.6 Å². The summed E-state index contributed by atoms with van der Waals surface area (Å²) >= 11 is 4.15. The van der Waals surface area contributed by atoms with Crippen molar-refractivity contribution in [2.75, 3.05) is 43.1 Å². The summed E-state index contributed by atoms with van der Waals surface area (Å²) in [6, 6.07) is 6.37. The van der Waals surface area contributed by atoms with Crippen LogP contribution in [0, 0.1) is 6.92 Å². The number of hydrogen-bond donors (Lipinski definition) is 4. The molecule has 0 fully saturated rings. The smallest absolute Gasteiger partial charge is 0.0371 e. The largest absolute Gasteiger partial charge is 0.388 e. The van der Waals surface area contributed by atoms with E-state index in [0.717, 1.165) is 37.5 Å². The Morgan fingerprint density at radius 3 is 2.65 bits per heavy atom. The van der Waals surface area contributed by atoms with Gasteiger partial charge in [0.2, 0.25) is 0 Å². The molecule has 0 saturated carbocycles. The molecule has 4 heteroatoms. The topological polar surface area (TPSA) is 36.1 Å². The highest BCUT2D eigenvalue weighted by Crippen LogP contribution is 2.18. The lowest BCUT2D eigenvalue weighted by molar-refractivity contribution is 0.693. The Kier molecular flexibility index (Phi) is 6.89. The van der Waals surface area contributed by atoms with Gasteiger partial charge in [0.05, 0.1) is 0 Å². The minimum absolute atomic E-state index is 0.901. The molecule has 0 radical (unpaired) electrons. The molecule has 0 amide bonds. The molecule has 0 aliphatic carbocycles. The molecule has 0 aliphatic heterocycles. The minimum atomic E-state index is 0.901. The van der Waals surface area contributed by atoms with Gasteiger partial charge in [0, 0.05) is 37.3 Å². The van der Waals surface area contributed by atoms with Crippen LogP contribution in [0.1, 0.15) is 12.0 Å². The molecular weight excluding hydrogens is 230 g/mol. The number of nitrogens with one attached hydrogen (secondary N) is 3. The second kappa shape index (κ2) is 8.25. The zero-order chi connectivity index (χ0) is 12.5. The third-order valence-corrected chi connectivity index (χ3v) is 2.87. The average molecular weight is 253 g/mol. The molecule has 3 N–H and O–H groups in total. The van der Waals surface area contributed by atoms with Crippen molar-refractivity contribution >= 4 is 24.0 Å². The van der Waals surface area contributed by atoms with Gasteiger partial charge in [-0.3, -0.25) is 0 Å². The SMILES string of the molecule is CNc1ccc(NCCCNCCS)c(C)c1. The molecule has 1 aromatic carbocycles. The van der Waals surface area contributed by atoms with Crippen LogP contribution in [0.15, 0.2) is 18.2 Å². The lowest BCUT2D eigenvalue weighted by Gasteiger charge is -2.11. The van der Waals surface area contributed by atoms with E-state index >= 15 is 0 Å². The maximum Gasteiger partial charge on any atom is 0.0371 e. The van der Waals surface area contributed by atoms with Crippen LogP contribution in [0.5, 0.6) is 0 Å². The first-order chi connectivity index (χ1) is 8.27. The van der Waals surface area contributed by atoms with Crippen molar-refractivity contribution in [1.29, 1.82) is 0 Å². The Labute approximate surface area is 110 Å². The molecule has 1 rings (SSSR count). The van der Waals surface area contributed by atoms with Crippen molar-refractivity contribution in [2.24, 2.45) is 0 Å². The highest BCUT2D eigenvalue weighted by molar-refractivity contribution is 7.80. The number of anilines is 2. The number of aryl methyl sites for hydroxylation is 1. The summed E-state index contributed by atoms with van der Waals surface area (Å²) in [5.74, 6) is 0.901. The maximum atomic E-state index is 4.15. The zero-order valence-electron chi connectivity index (χ0n) is 10.7. The third kappa shape index (κ3) is 5.33. The molecule has 0 unspecified atom stereocenters. The molecule has 0 bridgehead atoms. The van der Waals surface area contributed by atoms with Crippen molar-refractivity contribution in [1.82, 2.24) is 5.32 Å². The van der Waals surface area contributed by atoms with E-state index in [1.807, 2.05) is 7.05 Å². The molecule has 1 aromatic rings. The second-order valence-corrected chi connectivity index (χ2v) is 4.48. The van der Waals surface area contributed by atoms with E-state index in [1.54, 1.807) is 0 Å². The van der Waals surface area contributed by atoms with Crippen LogP contribution < -0.4 is 16.0 Å². The van der Waals surface area contributed by atoms with E-state index in [1.165, 1.54) is 11.3 Å². The van der Waals surface area contributed by atoms with Crippen LogP contribution >= 0.6 is 12.6 Å². The van der Waals surface area contributed by atoms with Crippen molar-refractivity contribution in [3.63, 3.8) is 0 Å². The number of hydrogen-bond acceptors (Lipinski definition) is 4. The molecule has 17 heavy (non-hydrogen) atoms. The third-order valence-electron chi connectivity index (χ3n) is 2.65. The average Bonchev–Trinajstić information content (AvgIpc) is 2.35. The first kappa shape index (κ1) is 14.2. The summed E-state index contributed by atoms with van der Waals surface area (Å²) in [6.07, 6.45) is 1.13. The standard InChI is InChI=1S/C13H23N3S/c1-11-10-12(14-2)4-5-13(11)16-7-3-6-15-8-9-17/h4-5,10,14-17H,3,6-9H2,1-2H3. The van der Waals surface area contributed by atoms with Gasteiger partial charge in [-0.1, -0.05) is 0 Å². The fourth-order valence-electron chi connectivity index (χ4n) is 1.66. The van der Waals surface area contributed by atoms with E-state index < -0.39 is 0 Å². The van der Waals surface area contributed by atoms with E-state index in [-0.39, 0.29) is 0 Å². The van der Waals surface area contributed by atoms with Gasteiger partial charge >= 0.3 is 0 Å². The van der Waals surface area contributed by atoms with Gasteiger partial charge < -0.3 is 16.0 Å². The predicted octanol–water partition coefficient (Wildman–Crippen LogP) is 2.36. The van der Waals surface area contributed by atoms with Crippen LogP contribution in [0.2, 0.25) is 0 Å². The van der Waals surface area contributed by atoms with Crippen LogP contribution in [0.4, 0.5) is 11.4 Å². The Hall–Kier alpha value is -0.870. The molecule has 0 aromatic heterocycles. The molecular formula is C13H23N3S. The summed E-state index contributed by atoms with van der Waals surface area (Å²) in [5, 5.41) is 9.92. The summed E-state index contributed by atoms with van der Waals surface area (Å²) in [5.41, 5.74) is 3.65. The highest BCUT2D eigenvalue weighted by atomic mass is 32.1. The van der Waals surface area contributed by atoms with Crippen LogP contribution in [0.25, 0.3) is 0 Å². The Bertz CT molecular complexity index is 328. The maximum absolute atomic E-state index is 4.15. The zero-order valence-corrected chi connectivity index (χ0v) is 11.6. The molecule has 0 atom stereocenters. The second-order valence-electron chi connectivity index (χ2n) is 4.03. The fraction of sp³-hybridized carbons (Fsp3) is 0.538. The number of thiol groups is 1. The van der Waals surface area contributed by atoms with Crippen molar-refractivity contribution in [3.05, 3.63) is 23.8 Å². The summed E-state index contributed by atoms with van der Waals surface area (Å²) in [4.78, 5) is 0. The highest BCUT2D eigenvalue weighted by Gasteiger charge is 1.98. The Morgan fingerprint density at radius 2 is 2.00 bits per heavy atom. The lowest BCUT2D eigenvalue weighted by Crippen LogP contribution is -2.20. The Morgan fingerprint density at radius 1 is 1.18 bits per heavy atom. The van der Waals surface area contributed by atoms with Crippen LogP contribution in [-0.4, -0.2) is 32.4 Å². The van der Waals surface area contributed by atoms with Crippen molar-refractivity contribution < 1.29 is 0 Å². The van der Waals surface area contributed by atoms with Crippen LogP contribution in [0.3, 0.4) is 0 Å². The lowest BCUT2D eigenvalue weighted by atomic mass is 10.1. The molecule has 3 nitrogen and oxygen atoms in total. The normalized spacial score (nSPS) is 10.3. The minimum Gasteiger partial charge on any atom is -0.388 e. The predicted molar refractivity (Wildman–Crippen MR) is 80.6 cm³/mol. The molecule has 0 spiro atoms. The summed E-state index contributed by atoms with van der Waals surface area (Å²) in [6.45, 7) is 5.15. The first-order valence-electron chi connectivity index (χ1n) is 6.11.